The van der Waals surface area contributed by atoms with Crippen molar-refractivity contribution in [1.82, 2.24) is 5.32 Å². The minimum Gasteiger partial charge on any atom is -0.493 e. The first-order valence-electron chi connectivity index (χ1n) is 9.40. The van der Waals surface area contributed by atoms with Crippen LogP contribution < -0.4 is 24.3 Å². The maximum absolute atomic E-state index is 11.9. The second-order valence-electron chi connectivity index (χ2n) is 6.25. The van der Waals surface area contributed by atoms with E-state index in [0.717, 1.165) is 11.1 Å². The molecular weight excluding hydrogens is 390 g/mol. The zero-order chi connectivity index (χ0) is 21.3. The molecule has 2 aromatic carbocycles. The Morgan fingerprint density at radius 2 is 1.93 bits per heavy atom. The van der Waals surface area contributed by atoms with E-state index in [9.17, 15) is 9.59 Å². The molecule has 158 valence electrons. The number of hydrogen-bond acceptors (Lipinski definition) is 7. The number of amides is 1. The van der Waals surface area contributed by atoms with Crippen LogP contribution in [0.2, 0.25) is 0 Å². The largest absolute Gasteiger partial charge is 0.493 e. The summed E-state index contributed by atoms with van der Waals surface area (Å²) in [6.45, 7) is 2.51. The van der Waals surface area contributed by atoms with Gasteiger partial charge in [-0.05, 0) is 48.4 Å². The van der Waals surface area contributed by atoms with Gasteiger partial charge in [0.05, 0.1) is 13.7 Å². The molecule has 0 bridgehead atoms. The van der Waals surface area contributed by atoms with Crippen LogP contribution in [0.1, 0.15) is 18.1 Å². The van der Waals surface area contributed by atoms with Gasteiger partial charge in [-0.15, -0.1) is 0 Å². The molecule has 1 aliphatic rings. The predicted molar refractivity (Wildman–Crippen MR) is 109 cm³/mol. The van der Waals surface area contributed by atoms with Crippen molar-refractivity contribution in [2.45, 2.75) is 13.5 Å². The molecule has 8 heteroatoms. The SMILES string of the molecule is CCOc1ccc(/C=C/C(=O)OCC(=O)NCc2ccc3c(c2)OCO3)cc1OC. The Labute approximate surface area is 174 Å². The summed E-state index contributed by atoms with van der Waals surface area (Å²) in [5.74, 6) is 1.48. The van der Waals surface area contributed by atoms with E-state index in [1.165, 1.54) is 6.08 Å². The van der Waals surface area contributed by atoms with Gasteiger partial charge < -0.3 is 29.0 Å². The maximum Gasteiger partial charge on any atom is 0.331 e. The van der Waals surface area contributed by atoms with Crippen LogP contribution in [0, 0.1) is 0 Å². The third-order valence-electron chi connectivity index (χ3n) is 4.17. The zero-order valence-corrected chi connectivity index (χ0v) is 16.8. The molecule has 2 aromatic rings. The fraction of sp³-hybridized carbons (Fsp3) is 0.273. The molecule has 30 heavy (non-hydrogen) atoms. The summed E-state index contributed by atoms with van der Waals surface area (Å²) in [4.78, 5) is 23.8. The number of carbonyl (C=O) groups is 2. The molecule has 8 nitrogen and oxygen atoms in total. The summed E-state index contributed by atoms with van der Waals surface area (Å²) < 4.78 is 26.2. The number of carbonyl (C=O) groups excluding carboxylic acids is 2. The molecule has 1 aliphatic heterocycles. The average molecular weight is 413 g/mol. The van der Waals surface area contributed by atoms with E-state index >= 15 is 0 Å². The van der Waals surface area contributed by atoms with Gasteiger partial charge in [0, 0.05) is 12.6 Å². The normalized spacial score (nSPS) is 11.9. The van der Waals surface area contributed by atoms with Crippen molar-refractivity contribution >= 4 is 18.0 Å². The Morgan fingerprint density at radius 1 is 1.10 bits per heavy atom. The molecule has 0 spiro atoms. The number of ether oxygens (including phenoxy) is 5. The highest BCUT2D eigenvalue weighted by molar-refractivity contribution is 5.89. The van der Waals surface area contributed by atoms with Crippen LogP contribution in [0.5, 0.6) is 23.0 Å². The van der Waals surface area contributed by atoms with Gasteiger partial charge in [-0.25, -0.2) is 4.79 Å². The van der Waals surface area contributed by atoms with E-state index in [1.54, 1.807) is 43.5 Å². The minimum absolute atomic E-state index is 0.193. The molecule has 0 saturated carbocycles. The topological polar surface area (TPSA) is 92.3 Å². The molecule has 1 amide bonds. The lowest BCUT2D eigenvalue weighted by molar-refractivity contribution is -0.143. The number of esters is 1. The van der Waals surface area contributed by atoms with Crippen LogP contribution in [0.25, 0.3) is 6.08 Å². The molecular formula is C22H23NO7. The Balaban J connectivity index is 1.44. The fourth-order valence-corrected chi connectivity index (χ4v) is 2.71. The van der Waals surface area contributed by atoms with Gasteiger partial charge in [0.1, 0.15) is 0 Å². The molecule has 3 rings (SSSR count). The Morgan fingerprint density at radius 3 is 2.73 bits per heavy atom. The second-order valence-corrected chi connectivity index (χ2v) is 6.25. The van der Waals surface area contributed by atoms with E-state index in [0.29, 0.717) is 29.6 Å². The van der Waals surface area contributed by atoms with Crippen molar-refractivity contribution in [2.24, 2.45) is 0 Å². The summed E-state index contributed by atoms with van der Waals surface area (Å²) in [5.41, 5.74) is 1.59. The van der Waals surface area contributed by atoms with E-state index in [2.05, 4.69) is 5.32 Å². The van der Waals surface area contributed by atoms with Gasteiger partial charge in [0.15, 0.2) is 29.6 Å². The first kappa shape index (κ1) is 21.0. The van der Waals surface area contributed by atoms with Crippen molar-refractivity contribution in [3.8, 4) is 23.0 Å². The Bertz CT molecular complexity index is 939. The zero-order valence-electron chi connectivity index (χ0n) is 16.8. The number of fused-ring (bicyclic) bond motifs is 1. The van der Waals surface area contributed by atoms with Crippen LogP contribution in [-0.2, 0) is 20.9 Å². The van der Waals surface area contributed by atoms with E-state index < -0.39 is 11.9 Å². The number of methoxy groups -OCH3 is 1. The number of nitrogens with one attached hydrogen (secondary N) is 1. The minimum atomic E-state index is -0.624. The van der Waals surface area contributed by atoms with E-state index in [1.807, 2.05) is 13.0 Å². The molecule has 0 fully saturated rings. The number of rotatable bonds is 9. The molecule has 0 aliphatic carbocycles. The lowest BCUT2D eigenvalue weighted by Crippen LogP contribution is -2.28. The molecule has 0 radical (unpaired) electrons. The third kappa shape index (κ3) is 5.66. The Hall–Kier alpha value is -3.68. The monoisotopic (exact) mass is 413 g/mol. The van der Waals surface area contributed by atoms with Crippen LogP contribution >= 0.6 is 0 Å². The van der Waals surface area contributed by atoms with Crippen molar-refractivity contribution in [3.05, 3.63) is 53.6 Å². The lowest BCUT2D eigenvalue weighted by atomic mass is 10.2. The third-order valence-corrected chi connectivity index (χ3v) is 4.17. The van der Waals surface area contributed by atoms with Crippen LogP contribution in [-0.4, -0.2) is 39.0 Å². The highest BCUT2D eigenvalue weighted by Crippen LogP contribution is 2.32. The summed E-state index contributed by atoms with van der Waals surface area (Å²) in [5, 5.41) is 2.69. The summed E-state index contributed by atoms with van der Waals surface area (Å²) in [6, 6.07) is 10.7. The lowest BCUT2D eigenvalue weighted by Gasteiger charge is -2.09. The van der Waals surface area contributed by atoms with Gasteiger partial charge >= 0.3 is 5.97 Å². The van der Waals surface area contributed by atoms with Gasteiger partial charge in [0.25, 0.3) is 5.91 Å². The summed E-state index contributed by atoms with van der Waals surface area (Å²) in [6.07, 6.45) is 2.82. The van der Waals surface area contributed by atoms with Crippen molar-refractivity contribution in [3.63, 3.8) is 0 Å². The standard InChI is InChI=1S/C22H23NO7/c1-3-27-17-7-4-15(10-19(17)26-2)6-9-22(25)28-13-21(24)23-12-16-5-8-18-20(11-16)30-14-29-18/h4-11H,3,12-14H2,1-2H3,(H,23,24)/b9-6+. The smallest absolute Gasteiger partial charge is 0.331 e. The predicted octanol–water partition coefficient (Wildman–Crippen LogP) is 2.70. The highest BCUT2D eigenvalue weighted by atomic mass is 16.7. The first-order chi connectivity index (χ1) is 14.6. The molecule has 1 heterocycles. The Kier molecular flexibility index (Phi) is 7.15. The molecule has 0 saturated heterocycles. The highest BCUT2D eigenvalue weighted by Gasteiger charge is 2.13. The summed E-state index contributed by atoms with van der Waals surface area (Å²) in [7, 11) is 1.54. The van der Waals surface area contributed by atoms with Gasteiger partial charge in [-0.2, -0.15) is 0 Å². The second kappa shape index (κ2) is 10.2. The van der Waals surface area contributed by atoms with E-state index in [-0.39, 0.29) is 19.9 Å². The molecule has 0 atom stereocenters. The average Bonchev–Trinajstić information content (AvgIpc) is 3.23. The number of benzene rings is 2. The van der Waals surface area contributed by atoms with Crippen molar-refractivity contribution in [1.29, 1.82) is 0 Å². The molecule has 1 N–H and O–H groups in total. The quantitative estimate of drug-likeness (QED) is 0.499. The first-order valence-corrected chi connectivity index (χ1v) is 9.40. The maximum atomic E-state index is 11.9. The van der Waals surface area contributed by atoms with E-state index in [4.69, 9.17) is 23.7 Å². The van der Waals surface area contributed by atoms with Gasteiger partial charge in [0.2, 0.25) is 6.79 Å². The van der Waals surface area contributed by atoms with Crippen LogP contribution in [0.15, 0.2) is 42.5 Å². The molecule has 0 aromatic heterocycles. The van der Waals surface area contributed by atoms with Gasteiger partial charge in [-0.3, -0.25) is 4.79 Å². The van der Waals surface area contributed by atoms with Crippen molar-refractivity contribution < 1.29 is 33.3 Å². The number of hydrogen-bond donors (Lipinski definition) is 1. The fourth-order valence-electron chi connectivity index (χ4n) is 2.71. The van der Waals surface area contributed by atoms with Crippen molar-refractivity contribution in [2.75, 3.05) is 27.1 Å². The van der Waals surface area contributed by atoms with Gasteiger partial charge in [-0.1, -0.05) is 12.1 Å². The summed E-state index contributed by atoms with van der Waals surface area (Å²) >= 11 is 0. The van der Waals surface area contributed by atoms with Crippen LogP contribution in [0.4, 0.5) is 0 Å². The van der Waals surface area contributed by atoms with Crippen LogP contribution in [0.3, 0.4) is 0 Å². The molecule has 0 unspecified atom stereocenters.